The largest absolute Gasteiger partial charge is 0.497 e. The third-order valence-corrected chi connectivity index (χ3v) is 3.65. The highest BCUT2D eigenvalue weighted by Gasteiger charge is 2.09. The second kappa shape index (κ2) is 5.75. The Morgan fingerprint density at radius 2 is 1.89 bits per heavy atom. The predicted molar refractivity (Wildman–Crippen MR) is 80.5 cm³/mol. The van der Waals surface area contributed by atoms with Gasteiger partial charge in [0.25, 0.3) is 0 Å². The van der Waals surface area contributed by atoms with Crippen LogP contribution < -0.4 is 10.1 Å². The maximum atomic E-state index is 5.93. The molecule has 6 heteroatoms. The third kappa shape index (κ3) is 3.16. The highest BCUT2D eigenvalue weighted by Crippen LogP contribution is 2.28. The molecule has 1 aromatic heterocycles. The summed E-state index contributed by atoms with van der Waals surface area (Å²) in [6.45, 7) is 3.87. The highest BCUT2D eigenvalue weighted by molar-refractivity contribution is 9.10. The van der Waals surface area contributed by atoms with E-state index in [4.69, 9.17) is 16.3 Å². The monoisotopic (exact) mass is 341 g/mol. The van der Waals surface area contributed by atoms with E-state index in [0.29, 0.717) is 11.0 Å². The Bertz CT molecular complexity index is 619. The molecule has 19 heavy (non-hydrogen) atoms. The lowest BCUT2D eigenvalue weighted by Gasteiger charge is -2.11. The van der Waals surface area contributed by atoms with Crippen molar-refractivity contribution in [2.45, 2.75) is 13.8 Å². The molecular weight excluding hydrogens is 330 g/mol. The Labute approximate surface area is 125 Å². The van der Waals surface area contributed by atoms with E-state index in [9.17, 15) is 0 Å². The number of anilines is 2. The lowest BCUT2D eigenvalue weighted by molar-refractivity contribution is 0.415. The summed E-state index contributed by atoms with van der Waals surface area (Å²) < 4.78 is 6.14. The number of hydrogen-bond donors (Lipinski definition) is 1. The van der Waals surface area contributed by atoms with Crippen molar-refractivity contribution in [3.05, 3.63) is 39.0 Å². The highest BCUT2D eigenvalue weighted by atomic mass is 79.9. The second-order valence-corrected chi connectivity index (χ2v) is 5.37. The Kier molecular flexibility index (Phi) is 4.27. The van der Waals surface area contributed by atoms with Gasteiger partial charge in [0.15, 0.2) is 11.0 Å². The first kappa shape index (κ1) is 14.1. The van der Waals surface area contributed by atoms with Crippen LogP contribution in [0, 0.1) is 13.8 Å². The van der Waals surface area contributed by atoms with E-state index in [0.717, 1.165) is 27.0 Å². The molecule has 0 atom stereocenters. The van der Waals surface area contributed by atoms with Crippen molar-refractivity contribution in [2.75, 3.05) is 12.4 Å². The predicted octanol–water partition coefficient (Wildman–Crippen LogP) is 4.26. The van der Waals surface area contributed by atoms with Gasteiger partial charge in [-0.3, -0.25) is 0 Å². The van der Waals surface area contributed by atoms with Crippen molar-refractivity contribution in [3.63, 3.8) is 0 Å². The first-order valence-corrected chi connectivity index (χ1v) is 6.79. The summed E-state index contributed by atoms with van der Waals surface area (Å²) in [5.41, 5.74) is 2.76. The van der Waals surface area contributed by atoms with Crippen molar-refractivity contribution in [1.82, 2.24) is 10.2 Å². The number of halogens is 2. The van der Waals surface area contributed by atoms with Crippen LogP contribution in [0.25, 0.3) is 0 Å². The summed E-state index contributed by atoms with van der Waals surface area (Å²) in [4.78, 5) is 0. The van der Waals surface area contributed by atoms with Crippen molar-refractivity contribution in [3.8, 4) is 5.75 Å². The molecule has 0 spiro atoms. The summed E-state index contributed by atoms with van der Waals surface area (Å²) in [5.74, 6) is 1.44. The van der Waals surface area contributed by atoms with E-state index in [-0.39, 0.29) is 0 Å². The lowest BCUT2D eigenvalue weighted by Crippen LogP contribution is -2.01. The van der Waals surface area contributed by atoms with Gasteiger partial charge in [0.05, 0.1) is 7.11 Å². The maximum Gasteiger partial charge on any atom is 0.156 e. The van der Waals surface area contributed by atoms with Crippen LogP contribution in [0.4, 0.5) is 11.5 Å². The molecular formula is C13H13BrClN3O. The minimum Gasteiger partial charge on any atom is -0.497 e. The molecule has 1 aromatic carbocycles. The lowest BCUT2D eigenvalue weighted by atomic mass is 10.2. The topological polar surface area (TPSA) is 47.0 Å². The molecule has 1 heterocycles. The van der Waals surface area contributed by atoms with E-state index in [1.54, 1.807) is 7.11 Å². The van der Waals surface area contributed by atoms with E-state index >= 15 is 0 Å². The number of methoxy groups -OCH3 is 1. The standard InChI is InChI=1S/C13H13BrClN3O/c1-7-8(2)13(18-17-12(7)15)16-10-4-9(14)5-11(6-10)19-3/h4-6H,1-3H3,(H,16,18). The normalized spacial score (nSPS) is 10.4. The Hall–Kier alpha value is -1.33. The van der Waals surface area contributed by atoms with Crippen LogP contribution in [-0.2, 0) is 0 Å². The van der Waals surface area contributed by atoms with Crippen LogP contribution in [0.2, 0.25) is 5.15 Å². The number of rotatable bonds is 3. The van der Waals surface area contributed by atoms with E-state index in [1.807, 2.05) is 32.0 Å². The molecule has 0 aliphatic carbocycles. The van der Waals surface area contributed by atoms with Crippen LogP contribution in [0.3, 0.4) is 0 Å². The fraction of sp³-hybridized carbons (Fsp3) is 0.231. The van der Waals surface area contributed by atoms with E-state index in [2.05, 4.69) is 31.4 Å². The van der Waals surface area contributed by atoms with Crippen LogP contribution >= 0.6 is 27.5 Å². The molecule has 0 radical (unpaired) electrons. The van der Waals surface area contributed by atoms with Crippen LogP contribution in [0.5, 0.6) is 5.75 Å². The number of ether oxygens (including phenoxy) is 1. The van der Waals surface area contributed by atoms with Gasteiger partial charge in [-0.2, -0.15) is 0 Å². The van der Waals surface area contributed by atoms with Crippen molar-refractivity contribution < 1.29 is 4.74 Å². The SMILES string of the molecule is COc1cc(Br)cc(Nc2nnc(Cl)c(C)c2C)c1. The molecule has 0 aliphatic heterocycles. The van der Waals surface area contributed by atoms with E-state index in [1.165, 1.54) is 0 Å². The van der Waals surface area contributed by atoms with Gasteiger partial charge in [0.1, 0.15) is 5.75 Å². The molecule has 0 saturated heterocycles. The van der Waals surface area contributed by atoms with Gasteiger partial charge in [0, 0.05) is 16.2 Å². The minimum absolute atomic E-state index is 0.426. The molecule has 1 N–H and O–H groups in total. The van der Waals surface area contributed by atoms with Crippen LogP contribution in [-0.4, -0.2) is 17.3 Å². The number of hydrogen-bond acceptors (Lipinski definition) is 4. The Balaban J connectivity index is 2.36. The van der Waals surface area contributed by atoms with Crippen LogP contribution in [0.1, 0.15) is 11.1 Å². The van der Waals surface area contributed by atoms with Crippen molar-refractivity contribution in [1.29, 1.82) is 0 Å². The Morgan fingerprint density at radius 3 is 2.58 bits per heavy atom. The number of nitrogens with one attached hydrogen (secondary N) is 1. The van der Waals surface area contributed by atoms with Gasteiger partial charge in [-0.25, -0.2) is 0 Å². The maximum absolute atomic E-state index is 5.93. The fourth-order valence-electron chi connectivity index (χ4n) is 1.58. The Morgan fingerprint density at radius 1 is 1.16 bits per heavy atom. The van der Waals surface area contributed by atoms with Gasteiger partial charge in [-0.05, 0) is 37.1 Å². The summed E-state index contributed by atoms with van der Waals surface area (Å²) in [6, 6.07) is 5.71. The summed E-state index contributed by atoms with van der Waals surface area (Å²) in [5, 5.41) is 11.6. The zero-order valence-corrected chi connectivity index (χ0v) is 13.1. The molecule has 0 amide bonds. The molecule has 0 unspecified atom stereocenters. The molecule has 4 nitrogen and oxygen atoms in total. The third-order valence-electron chi connectivity index (χ3n) is 2.83. The average molecular weight is 343 g/mol. The van der Waals surface area contributed by atoms with E-state index < -0.39 is 0 Å². The molecule has 0 bridgehead atoms. The van der Waals surface area contributed by atoms with Crippen molar-refractivity contribution >= 4 is 39.0 Å². The number of nitrogens with zero attached hydrogens (tertiary/aromatic N) is 2. The van der Waals surface area contributed by atoms with Crippen molar-refractivity contribution in [2.24, 2.45) is 0 Å². The zero-order valence-electron chi connectivity index (χ0n) is 10.8. The number of aromatic nitrogens is 2. The van der Waals surface area contributed by atoms with Gasteiger partial charge in [-0.1, -0.05) is 27.5 Å². The van der Waals surface area contributed by atoms with Gasteiger partial charge in [-0.15, -0.1) is 10.2 Å². The average Bonchev–Trinajstić information content (AvgIpc) is 2.39. The molecule has 2 rings (SSSR count). The fourth-order valence-corrected chi connectivity index (χ4v) is 2.24. The molecule has 2 aromatic rings. The summed E-state index contributed by atoms with van der Waals surface area (Å²) in [7, 11) is 1.63. The molecule has 0 aliphatic rings. The molecule has 0 fully saturated rings. The first-order valence-electron chi connectivity index (χ1n) is 5.62. The van der Waals surface area contributed by atoms with Crippen LogP contribution in [0.15, 0.2) is 22.7 Å². The quantitative estimate of drug-likeness (QED) is 0.905. The zero-order chi connectivity index (χ0) is 14.0. The van der Waals surface area contributed by atoms with Gasteiger partial charge < -0.3 is 10.1 Å². The van der Waals surface area contributed by atoms with Gasteiger partial charge >= 0.3 is 0 Å². The summed E-state index contributed by atoms with van der Waals surface area (Å²) in [6.07, 6.45) is 0. The molecule has 0 saturated carbocycles. The van der Waals surface area contributed by atoms with Gasteiger partial charge in [0.2, 0.25) is 0 Å². The summed E-state index contributed by atoms with van der Waals surface area (Å²) >= 11 is 9.37. The number of benzene rings is 1. The minimum atomic E-state index is 0.426. The smallest absolute Gasteiger partial charge is 0.156 e. The second-order valence-electron chi connectivity index (χ2n) is 4.09. The molecule has 100 valence electrons. The first-order chi connectivity index (χ1) is 9.01.